The van der Waals surface area contributed by atoms with Crippen LogP contribution < -0.4 is 5.32 Å². The van der Waals surface area contributed by atoms with Crippen LogP contribution in [0.5, 0.6) is 0 Å². The normalized spacial score (nSPS) is 11.6. The summed E-state index contributed by atoms with van der Waals surface area (Å²) in [5, 5.41) is 3.81. The molecular formula is C29H31N3O3S. The van der Waals surface area contributed by atoms with E-state index in [-0.39, 0.29) is 24.3 Å². The van der Waals surface area contributed by atoms with Crippen molar-refractivity contribution in [2.45, 2.75) is 44.0 Å². The Morgan fingerprint density at radius 3 is 2.11 bits per heavy atom. The van der Waals surface area contributed by atoms with Crippen LogP contribution in [-0.2, 0) is 20.9 Å². The average Bonchev–Trinajstić information content (AvgIpc) is 3.19. The number of para-hydroxylation sites is 2. The third-order valence-electron chi connectivity index (χ3n) is 5.49. The first kappa shape index (κ1) is 25.5. The summed E-state index contributed by atoms with van der Waals surface area (Å²) >= 11 is 1.51. The van der Waals surface area contributed by atoms with E-state index in [0.29, 0.717) is 12.3 Å². The van der Waals surface area contributed by atoms with E-state index in [1.54, 1.807) is 0 Å². The number of carbonyl (C=O) groups is 2. The number of esters is 1. The molecule has 1 aromatic heterocycles. The SMILES string of the molecule is CC(C)(C)OC(=O)Cn1c(SCCNC(=O)C(c2ccccc2)c2ccccc2)nc2ccccc21. The van der Waals surface area contributed by atoms with Gasteiger partial charge in [-0.05, 0) is 44.0 Å². The Hall–Kier alpha value is -3.58. The zero-order valence-corrected chi connectivity index (χ0v) is 21.6. The van der Waals surface area contributed by atoms with Gasteiger partial charge in [-0.25, -0.2) is 4.98 Å². The zero-order chi connectivity index (χ0) is 25.5. The monoisotopic (exact) mass is 501 g/mol. The molecule has 0 aliphatic carbocycles. The van der Waals surface area contributed by atoms with Gasteiger partial charge in [-0.1, -0.05) is 84.6 Å². The number of benzene rings is 3. The predicted octanol–water partition coefficient (Wildman–Crippen LogP) is 5.42. The van der Waals surface area contributed by atoms with Crippen LogP contribution in [0, 0.1) is 0 Å². The molecule has 0 saturated carbocycles. The summed E-state index contributed by atoms with van der Waals surface area (Å²) in [5.74, 6) is -0.126. The predicted molar refractivity (Wildman–Crippen MR) is 144 cm³/mol. The second-order valence-corrected chi connectivity index (χ2v) is 10.5. The zero-order valence-electron chi connectivity index (χ0n) is 20.8. The van der Waals surface area contributed by atoms with Crippen molar-refractivity contribution in [1.82, 2.24) is 14.9 Å². The number of nitrogens with one attached hydrogen (secondary N) is 1. The molecule has 1 amide bonds. The Labute approximate surface area is 216 Å². The van der Waals surface area contributed by atoms with Crippen molar-refractivity contribution in [1.29, 1.82) is 0 Å². The molecule has 6 nitrogen and oxygen atoms in total. The fourth-order valence-corrected chi connectivity index (χ4v) is 4.89. The molecule has 0 aliphatic heterocycles. The van der Waals surface area contributed by atoms with E-state index in [1.165, 1.54) is 11.8 Å². The second kappa shape index (κ2) is 11.4. The van der Waals surface area contributed by atoms with E-state index < -0.39 is 5.60 Å². The molecule has 0 saturated heterocycles. The highest BCUT2D eigenvalue weighted by atomic mass is 32.2. The minimum absolute atomic E-state index is 0.0461. The Bertz CT molecular complexity index is 1270. The third-order valence-corrected chi connectivity index (χ3v) is 6.47. The largest absolute Gasteiger partial charge is 0.459 e. The summed E-state index contributed by atoms with van der Waals surface area (Å²) in [6.45, 7) is 6.11. The fourth-order valence-electron chi connectivity index (χ4n) is 4.02. The average molecular weight is 502 g/mol. The molecular weight excluding hydrogens is 470 g/mol. The maximum absolute atomic E-state index is 13.2. The van der Waals surface area contributed by atoms with Crippen LogP contribution in [0.15, 0.2) is 90.1 Å². The standard InChI is InChI=1S/C29H31N3O3S/c1-29(2,3)35-25(33)20-32-24-17-11-10-16-23(24)31-28(32)36-19-18-30-27(34)26(21-12-6-4-7-13-21)22-14-8-5-9-15-22/h4-17,26H,18-20H2,1-3H3,(H,30,34). The maximum Gasteiger partial charge on any atom is 0.326 e. The van der Waals surface area contributed by atoms with Crippen molar-refractivity contribution in [2.75, 3.05) is 12.3 Å². The van der Waals surface area contributed by atoms with Crippen LogP contribution in [0.1, 0.15) is 37.8 Å². The number of imidazole rings is 1. The van der Waals surface area contributed by atoms with Crippen molar-refractivity contribution in [3.63, 3.8) is 0 Å². The number of carbonyl (C=O) groups excluding carboxylic acids is 2. The maximum atomic E-state index is 13.2. The highest BCUT2D eigenvalue weighted by molar-refractivity contribution is 7.99. The van der Waals surface area contributed by atoms with Crippen molar-refractivity contribution in [2.24, 2.45) is 0 Å². The summed E-state index contributed by atoms with van der Waals surface area (Å²) in [5.41, 5.74) is 3.05. The summed E-state index contributed by atoms with van der Waals surface area (Å²) in [4.78, 5) is 30.5. The topological polar surface area (TPSA) is 73.2 Å². The third kappa shape index (κ3) is 6.55. The lowest BCUT2D eigenvalue weighted by atomic mass is 9.90. The first-order chi connectivity index (χ1) is 17.3. The number of rotatable bonds is 9. The van der Waals surface area contributed by atoms with Crippen molar-refractivity contribution in [3.05, 3.63) is 96.1 Å². The quantitative estimate of drug-likeness (QED) is 0.188. The lowest BCUT2D eigenvalue weighted by molar-refractivity contribution is -0.155. The molecule has 0 aliphatic rings. The molecule has 1 heterocycles. The first-order valence-electron chi connectivity index (χ1n) is 12.0. The molecule has 7 heteroatoms. The Morgan fingerprint density at radius 1 is 0.917 bits per heavy atom. The van der Waals surface area contributed by atoms with Gasteiger partial charge < -0.3 is 14.6 Å². The van der Waals surface area contributed by atoms with Crippen LogP contribution in [0.3, 0.4) is 0 Å². The molecule has 0 spiro atoms. The van der Waals surface area contributed by atoms with Crippen LogP contribution in [0.25, 0.3) is 11.0 Å². The number of aromatic nitrogens is 2. The van der Waals surface area contributed by atoms with Crippen LogP contribution >= 0.6 is 11.8 Å². The molecule has 3 aromatic carbocycles. The number of amides is 1. The number of fused-ring (bicyclic) bond motifs is 1. The van der Waals surface area contributed by atoms with Crippen LogP contribution in [0.4, 0.5) is 0 Å². The molecule has 0 atom stereocenters. The van der Waals surface area contributed by atoms with E-state index in [0.717, 1.165) is 27.3 Å². The van der Waals surface area contributed by atoms with Gasteiger partial charge >= 0.3 is 5.97 Å². The van der Waals surface area contributed by atoms with Gasteiger partial charge in [-0.3, -0.25) is 9.59 Å². The molecule has 186 valence electrons. The molecule has 0 radical (unpaired) electrons. The molecule has 0 unspecified atom stereocenters. The number of nitrogens with zero attached hydrogens (tertiary/aromatic N) is 2. The number of thioether (sulfide) groups is 1. The van der Waals surface area contributed by atoms with E-state index in [9.17, 15) is 9.59 Å². The minimum atomic E-state index is -0.556. The minimum Gasteiger partial charge on any atom is -0.459 e. The highest BCUT2D eigenvalue weighted by Crippen LogP contribution is 2.26. The fraction of sp³-hybridized carbons (Fsp3) is 0.276. The van der Waals surface area contributed by atoms with Gasteiger partial charge in [-0.2, -0.15) is 0 Å². The highest BCUT2D eigenvalue weighted by Gasteiger charge is 2.23. The van der Waals surface area contributed by atoms with Crippen molar-refractivity contribution >= 4 is 34.7 Å². The van der Waals surface area contributed by atoms with Gasteiger partial charge in [0.15, 0.2) is 5.16 Å². The van der Waals surface area contributed by atoms with Crippen molar-refractivity contribution < 1.29 is 14.3 Å². The smallest absolute Gasteiger partial charge is 0.326 e. The van der Waals surface area contributed by atoms with Gasteiger partial charge in [0.05, 0.1) is 17.0 Å². The second-order valence-electron chi connectivity index (χ2n) is 9.45. The lowest BCUT2D eigenvalue weighted by Crippen LogP contribution is -2.31. The van der Waals surface area contributed by atoms with E-state index in [1.807, 2.05) is 110 Å². The molecule has 4 aromatic rings. The first-order valence-corrected chi connectivity index (χ1v) is 13.0. The van der Waals surface area contributed by atoms with Gasteiger partial charge in [0.25, 0.3) is 0 Å². The molecule has 4 rings (SSSR count). The summed E-state index contributed by atoms with van der Waals surface area (Å²) in [6.07, 6.45) is 0. The van der Waals surface area contributed by atoms with Crippen LogP contribution in [0.2, 0.25) is 0 Å². The Morgan fingerprint density at radius 2 is 1.50 bits per heavy atom. The van der Waals surface area contributed by atoms with Gasteiger partial charge in [0.1, 0.15) is 12.1 Å². The summed E-state index contributed by atoms with van der Waals surface area (Å²) in [6, 6.07) is 27.3. The van der Waals surface area contributed by atoms with Gasteiger partial charge in [0, 0.05) is 12.3 Å². The van der Waals surface area contributed by atoms with E-state index >= 15 is 0 Å². The van der Waals surface area contributed by atoms with Crippen LogP contribution in [-0.4, -0.2) is 39.3 Å². The number of ether oxygens (including phenoxy) is 1. The lowest BCUT2D eigenvalue weighted by Gasteiger charge is -2.20. The van der Waals surface area contributed by atoms with E-state index in [2.05, 4.69) is 5.32 Å². The summed E-state index contributed by atoms with van der Waals surface area (Å²) < 4.78 is 7.41. The molecule has 0 fully saturated rings. The van der Waals surface area contributed by atoms with E-state index in [4.69, 9.17) is 9.72 Å². The number of hydrogen-bond acceptors (Lipinski definition) is 5. The summed E-state index contributed by atoms with van der Waals surface area (Å²) in [7, 11) is 0. The Balaban J connectivity index is 1.44. The number of hydrogen-bond donors (Lipinski definition) is 1. The molecule has 1 N–H and O–H groups in total. The Kier molecular flexibility index (Phi) is 8.10. The van der Waals surface area contributed by atoms with Crippen molar-refractivity contribution in [3.8, 4) is 0 Å². The molecule has 36 heavy (non-hydrogen) atoms. The van der Waals surface area contributed by atoms with Gasteiger partial charge in [-0.15, -0.1) is 0 Å². The molecule has 0 bridgehead atoms. The van der Waals surface area contributed by atoms with Gasteiger partial charge in [0.2, 0.25) is 5.91 Å².